The van der Waals surface area contributed by atoms with E-state index in [2.05, 4.69) is 15.3 Å². The summed E-state index contributed by atoms with van der Waals surface area (Å²) < 4.78 is 53.5. The van der Waals surface area contributed by atoms with E-state index in [0.29, 0.717) is 33.0 Å². The molecule has 0 unspecified atom stereocenters. The summed E-state index contributed by atoms with van der Waals surface area (Å²) in [5.41, 5.74) is 1.55. The minimum Gasteiger partial charge on any atom is -0.491 e. The Kier molecular flexibility index (Phi) is 9.93. The summed E-state index contributed by atoms with van der Waals surface area (Å²) >= 11 is 0.951. The second-order valence-corrected chi connectivity index (χ2v) is 11.6. The molecule has 4 rings (SSSR count). The monoisotopic (exact) mass is 607 g/mol. The largest absolute Gasteiger partial charge is 0.491 e. The van der Waals surface area contributed by atoms with E-state index in [9.17, 15) is 27.5 Å². The first kappa shape index (κ1) is 30.0. The number of halogens is 1. The highest BCUT2D eigenvalue weighted by Crippen LogP contribution is 2.28. The van der Waals surface area contributed by atoms with Gasteiger partial charge in [0.1, 0.15) is 43.6 Å². The number of ketones is 1. The van der Waals surface area contributed by atoms with Crippen molar-refractivity contribution in [2.24, 2.45) is 11.1 Å². The number of hydrogen-bond acceptors (Lipinski definition) is 11. The molecule has 0 saturated carbocycles. The second kappa shape index (κ2) is 13.6. The van der Waals surface area contributed by atoms with Crippen LogP contribution in [0.3, 0.4) is 0 Å². The molecule has 0 aliphatic heterocycles. The molecular formula is C25H26FN5O8S2. The highest BCUT2D eigenvalue weighted by molar-refractivity contribution is 7.91. The topological polar surface area (TPSA) is 186 Å². The number of carbonyl (C=O) groups is 2. The fraction of sp³-hybridized carbons (Fsp3) is 0.320. The molecule has 2 aromatic heterocycles. The first-order valence-electron chi connectivity index (χ1n) is 12.2. The maximum absolute atomic E-state index is 12.5. The summed E-state index contributed by atoms with van der Waals surface area (Å²) in [6.07, 6.45) is 1.23. The van der Waals surface area contributed by atoms with Crippen LogP contribution in [-0.2, 0) is 44.1 Å². The zero-order valence-corrected chi connectivity index (χ0v) is 23.1. The first-order chi connectivity index (χ1) is 19.6. The van der Waals surface area contributed by atoms with Gasteiger partial charge in [-0.25, -0.2) is 27.6 Å². The Bertz CT molecular complexity index is 1620. The number of aliphatic carboxylic acids is 1. The standard InChI is InChI=1S/C25H26FN5O8S2/c26-6-7-38-20-3-1-2-16(8-20)13-37-14-17(24(33)34)9-19(32)12-31-11-18(29-30-31)15-39-21-4-5-23-22(10-21)28-25(40-23)41(27,35)36/h1-5,8,10-11,17H,6-7,9,12-15H2,(H,33,34)(H2,27,35,36)/t17-/m0/s1. The molecule has 218 valence electrons. The summed E-state index contributed by atoms with van der Waals surface area (Å²) in [5.74, 6) is -1.71. The Balaban J connectivity index is 1.25. The lowest BCUT2D eigenvalue weighted by Crippen LogP contribution is -2.25. The molecule has 0 aliphatic carbocycles. The number of carboxylic acid groups (broad SMARTS) is 1. The third-order valence-corrected chi connectivity index (χ3v) is 7.91. The van der Waals surface area contributed by atoms with Crippen LogP contribution in [0, 0.1) is 5.92 Å². The van der Waals surface area contributed by atoms with Crippen LogP contribution in [0.1, 0.15) is 17.7 Å². The molecule has 16 heteroatoms. The molecule has 0 fully saturated rings. The summed E-state index contributed by atoms with van der Waals surface area (Å²) in [6.45, 7) is -0.946. The molecule has 0 saturated heterocycles. The zero-order valence-electron chi connectivity index (χ0n) is 21.5. The number of rotatable bonds is 16. The number of thiazole rings is 1. The van der Waals surface area contributed by atoms with Crippen molar-refractivity contribution in [3.63, 3.8) is 0 Å². The number of sulfonamides is 1. The van der Waals surface area contributed by atoms with Crippen LogP contribution >= 0.6 is 11.3 Å². The van der Waals surface area contributed by atoms with Crippen molar-refractivity contribution in [3.8, 4) is 11.5 Å². The fourth-order valence-corrected chi connectivity index (χ4v) is 5.31. The van der Waals surface area contributed by atoms with E-state index in [-0.39, 0.29) is 49.5 Å². The normalized spacial score (nSPS) is 12.3. The van der Waals surface area contributed by atoms with Gasteiger partial charge >= 0.3 is 5.97 Å². The van der Waals surface area contributed by atoms with Crippen LogP contribution in [0.25, 0.3) is 10.2 Å². The van der Waals surface area contributed by atoms with Gasteiger partial charge < -0.3 is 19.3 Å². The third kappa shape index (κ3) is 8.75. The zero-order chi connectivity index (χ0) is 29.4. The minimum absolute atomic E-state index is 0.0114. The van der Waals surface area contributed by atoms with Crippen LogP contribution < -0.4 is 14.6 Å². The van der Waals surface area contributed by atoms with Crippen molar-refractivity contribution in [3.05, 3.63) is 59.9 Å². The average molecular weight is 608 g/mol. The molecule has 0 aliphatic rings. The van der Waals surface area contributed by atoms with E-state index < -0.39 is 28.6 Å². The maximum Gasteiger partial charge on any atom is 0.309 e. The van der Waals surface area contributed by atoms with Gasteiger partial charge in [-0.2, -0.15) is 0 Å². The van der Waals surface area contributed by atoms with Gasteiger partial charge in [-0.1, -0.05) is 17.3 Å². The van der Waals surface area contributed by atoms with Crippen LogP contribution in [-0.4, -0.2) is 65.1 Å². The van der Waals surface area contributed by atoms with Crippen molar-refractivity contribution >= 4 is 43.3 Å². The van der Waals surface area contributed by atoms with E-state index in [1.165, 1.54) is 10.9 Å². The molecule has 1 atom stereocenters. The number of carbonyl (C=O) groups excluding carboxylic acids is 1. The maximum atomic E-state index is 12.5. The SMILES string of the molecule is NS(=O)(=O)c1nc2cc(OCc3cn(CC(=O)C[C@@H](COCc4cccc(OCCF)c4)C(=O)O)nn3)ccc2s1. The molecule has 3 N–H and O–H groups in total. The van der Waals surface area contributed by atoms with Crippen molar-refractivity contribution in [2.75, 3.05) is 19.9 Å². The smallest absolute Gasteiger partial charge is 0.309 e. The van der Waals surface area contributed by atoms with E-state index in [4.69, 9.17) is 19.3 Å². The quantitative estimate of drug-likeness (QED) is 0.190. The van der Waals surface area contributed by atoms with Gasteiger partial charge in [-0.05, 0) is 29.8 Å². The Labute approximate surface area is 237 Å². The Morgan fingerprint density at radius 1 is 1.12 bits per heavy atom. The lowest BCUT2D eigenvalue weighted by Gasteiger charge is -2.13. The highest BCUT2D eigenvalue weighted by Gasteiger charge is 2.22. The number of carboxylic acids is 1. The number of Topliss-reactive ketones (excluding diaryl/α,β-unsaturated/α-hetero) is 1. The van der Waals surface area contributed by atoms with E-state index in [1.807, 2.05) is 0 Å². The molecule has 0 amide bonds. The number of fused-ring (bicyclic) bond motifs is 1. The molecule has 13 nitrogen and oxygen atoms in total. The number of primary sulfonamides is 1. The van der Waals surface area contributed by atoms with E-state index in [1.54, 1.807) is 42.5 Å². The minimum atomic E-state index is -3.91. The van der Waals surface area contributed by atoms with Crippen LogP contribution in [0.2, 0.25) is 0 Å². The molecule has 0 radical (unpaired) electrons. The van der Waals surface area contributed by atoms with Crippen LogP contribution in [0.4, 0.5) is 4.39 Å². The number of hydrogen-bond donors (Lipinski definition) is 2. The van der Waals surface area contributed by atoms with E-state index in [0.717, 1.165) is 11.3 Å². The van der Waals surface area contributed by atoms with Gasteiger partial charge in [-0.15, -0.1) is 16.4 Å². The molecule has 41 heavy (non-hydrogen) atoms. The summed E-state index contributed by atoms with van der Waals surface area (Å²) in [4.78, 5) is 28.2. The Morgan fingerprint density at radius 3 is 2.68 bits per heavy atom. The number of benzene rings is 2. The van der Waals surface area contributed by atoms with Gasteiger partial charge in [0.05, 0.1) is 35.5 Å². The summed E-state index contributed by atoms with van der Waals surface area (Å²) in [6, 6.07) is 11.7. The Morgan fingerprint density at radius 2 is 1.93 bits per heavy atom. The summed E-state index contributed by atoms with van der Waals surface area (Å²) in [5, 5.41) is 22.5. The van der Waals surface area contributed by atoms with Crippen molar-refractivity contribution < 1.29 is 41.7 Å². The number of aromatic nitrogens is 4. The predicted octanol–water partition coefficient (Wildman–Crippen LogP) is 2.34. The fourth-order valence-electron chi connectivity index (χ4n) is 3.67. The first-order valence-corrected chi connectivity index (χ1v) is 14.5. The Hall–Kier alpha value is -3.99. The third-order valence-electron chi connectivity index (χ3n) is 5.55. The lowest BCUT2D eigenvalue weighted by atomic mass is 10.0. The van der Waals surface area contributed by atoms with Crippen molar-refractivity contribution in [1.82, 2.24) is 20.0 Å². The highest BCUT2D eigenvalue weighted by atomic mass is 32.2. The van der Waals surface area contributed by atoms with Crippen molar-refractivity contribution in [2.45, 2.75) is 30.5 Å². The molecule has 0 bridgehead atoms. The second-order valence-electron chi connectivity index (χ2n) is 8.83. The molecule has 2 aromatic carbocycles. The average Bonchev–Trinajstić information content (AvgIpc) is 3.57. The van der Waals surface area contributed by atoms with Crippen molar-refractivity contribution in [1.29, 1.82) is 0 Å². The number of ether oxygens (including phenoxy) is 3. The summed E-state index contributed by atoms with van der Waals surface area (Å²) in [7, 11) is -3.91. The van der Waals surface area contributed by atoms with Gasteiger partial charge in [0.15, 0.2) is 5.78 Å². The van der Waals surface area contributed by atoms with Gasteiger partial charge in [0.2, 0.25) is 4.34 Å². The number of alkyl halides is 1. The molecular weight excluding hydrogens is 581 g/mol. The molecule has 0 spiro atoms. The van der Waals surface area contributed by atoms with E-state index >= 15 is 0 Å². The number of nitrogens with zero attached hydrogens (tertiary/aromatic N) is 4. The van der Waals surface area contributed by atoms with Crippen LogP contribution in [0.5, 0.6) is 11.5 Å². The molecule has 2 heterocycles. The van der Waals surface area contributed by atoms with Gasteiger partial charge in [0, 0.05) is 12.5 Å². The van der Waals surface area contributed by atoms with Gasteiger partial charge in [-0.3, -0.25) is 9.59 Å². The molecule has 4 aromatic rings. The number of nitrogens with two attached hydrogens (primary N) is 1. The van der Waals surface area contributed by atoms with Crippen LogP contribution in [0.15, 0.2) is 53.0 Å². The predicted molar refractivity (Wildman–Crippen MR) is 144 cm³/mol. The van der Waals surface area contributed by atoms with Gasteiger partial charge in [0.25, 0.3) is 10.0 Å². The lowest BCUT2D eigenvalue weighted by molar-refractivity contribution is -0.146.